The zero-order valence-corrected chi connectivity index (χ0v) is 22.1. The Morgan fingerprint density at radius 2 is 2.08 bits per heavy atom. The summed E-state index contributed by atoms with van der Waals surface area (Å²) in [6, 6.07) is 7.35. The molecular weight excluding hydrogens is 503 g/mol. The molecule has 13 heteroatoms. The van der Waals surface area contributed by atoms with Crippen LogP contribution in [-0.4, -0.2) is 70.7 Å². The predicted octanol–water partition coefficient (Wildman–Crippen LogP) is 2.02. The summed E-state index contributed by atoms with van der Waals surface area (Å²) in [6.45, 7) is 10.1. The summed E-state index contributed by atoms with van der Waals surface area (Å²) in [7, 11) is -4.19. The number of carbonyl (C=O) groups is 1. The number of amidine groups is 1. The molecule has 2 fully saturated rings. The second-order valence-corrected chi connectivity index (χ2v) is 11.3. The summed E-state index contributed by atoms with van der Waals surface area (Å²) in [5.41, 5.74) is 3.18. The molecule has 202 valence electrons. The first-order chi connectivity index (χ1) is 17.4. The van der Waals surface area contributed by atoms with E-state index in [0.29, 0.717) is 5.82 Å². The van der Waals surface area contributed by atoms with Crippen LogP contribution in [0.25, 0.3) is 0 Å². The van der Waals surface area contributed by atoms with Gasteiger partial charge in [-0.25, -0.2) is 9.56 Å². The molecule has 1 aromatic rings. The van der Waals surface area contributed by atoms with Crippen LogP contribution in [0.2, 0.25) is 0 Å². The van der Waals surface area contributed by atoms with E-state index in [4.69, 9.17) is 29.0 Å². The molecule has 1 aromatic carbocycles. The summed E-state index contributed by atoms with van der Waals surface area (Å²) in [4.78, 5) is 18.1. The average Bonchev–Trinajstić information content (AvgIpc) is 3.20. The van der Waals surface area contributed by atoms with Crippen LogP contribution in [0.1, 0.15) is 27.7 Å². The van der Waals surface area contributed by atoms with Crippen molar-refractivity contribution < 1.29 is 37.7 Å². The number of rotatable bonds is 10. The van der Waals surface area contributed by atoms with Crippen LogP contribution in [0, 0.1) is 0 Å². The van der Waals surface area contributed by atoms with E-state index < -0.39 is 43.3 Å². The zero-order chi connectivity index (χ0) is 27.0. The number of fused-ring (bicyclic) bond motifs is 2. The Hall–Kier alpha value is -2.73. The highest BCUT2D eigenvalue weighted by atomic mass is 31.2. The smallest absolute Gasteiger partial charge is 0.459 e. The van der Waals surface area contributed by atoms with Crippen molar-refractivity contribution in [2.75, 3.05) is 13.2 Å². The maximum atomic E-state index is 13.9. The van der Waals surface area contributed by atoms with E-state index in [9.17, 15) is 14.5 Å². The van der Waals surface area contributed by atoms with E-state index in [1.807, 2.05) is 0 Å². The molecule has 3 aliphatic rings. The molecule has 2 bridgehead atoms. The van der Waals surface area contributed by atoms with Crippen LogP contribution >= 0.6 is 7.75 Å². The molecule has 0 amide bonds. The number of esters is 1. The Bertz CT molecular complexity index is 1140. The van der Waals surface area contributed by atoms with Crippen molar-refractivity contribution in [1.29, 1.82) is 0 Å². The summed E-state index contributed by atoms with van der Waals surface area (Å²) in [5.74, 6) is 0.216. The van der Waals surface area contributed by atoms with Crippen molar-refractivity contribution in [1.82, 2.24) is 9.99 Å². The Labute approximate surface area is 215 Å². The summed E-state index contributed by atoms with van der Waals surface area (Å²) in [6.07, 6.45) is 0.868. The van der Waals surface area contributed by atoms with Crippen LogP contribution in [0.5, 0.6) is 5.75 Å². The lowest BCUT2D eigenvalue weighted by Crippen LogP contribution is -2.52. The molecule has 0 saturated carbocycles. The monoisotopic (exact) mass is 536 g/mol. The molecule has 0 aliphatic carbocycles. The zero-order valence-electron chi connectivity index (χ0n) is 21.2. The van der Waals surface area contributed by atoms with Crippen LogP contribution < -0.4 is 15.3 Å². The highest BCUT2D eigenvalue weighted by Crippen LogP contribution is 2.53. The third kappa shape index (κ3) is 5.45. The highest BCUT2D eigenvalue weighted by Gasteiger charge is 2.70. The van der Waals surface area contributed by atoms with Gasteiger partial charge in [-0.1, -0.05) is 24.8 Å². The molecule has 12 nitrogen and oxygen atoms in total. The van der Waals surface area contributed by atoms with Crippen molar-refractivity contribution in [3.05, 3.63) is 55.0 Å². The Balaban J connectivity index is 1.54. The predicted molar refractivity (Wildman–Crippen MR) is 134 cm³/mol. The molecule has 3 heterocycles. The van der Waals surface area contributed by atoms with Crippen molar-refractivity contribution in [2.45, 2.75) is 63.4 Å². The second-order valence-electron chi connectivity index (χ2n) is 9.60. The summed E-state index contributed by atoms with van der Waals surface area (Å²) < 4.78 is 42.8. The van der Waals surface area contributed by atoms with Gasteiger partial charge in [0.15, 0.2) is 6.23 Å². The first-order valence-electron chi connectivity index (χ1n) is 11.8. The minimum Gasteiger partial charge on any atom is -0.462 e. The molecular formula is C24H33N4O8P. The van der Waals surface area contributed by atoms with Crippen LogP contribution in [-0.2, 0) is 28.1 Å². The SMILES string of the molecule is C=C1N=C(N)C=CN1[C@@H]1O[C@@]2(CO[P@@](=O)(N[C@@H](C)C(=O)OC(C)C)Oc3ccccc3)CO[C@]1(C)[C@@H]2O. The van der Waals surface area contributed by atoms with E-state index in [1.165, 1.54) is 6.92 Å². The maximum Gasteiger partial charge on any atom is 0.459 e. The number of ether oxygens (including phenoxy) is 3. The van der Waals surface area contributed by atoms with E-state index in [-0.39, 0.29) is 30.9 Å². The van der Waals surface area contributed by atoms with Crippen molar-refractivity contribution in [3.63, 3.8) is 0 Å². The van der Waals surface area contributed by atoms with Crippen LogP contribution in [0.4, 0.5) is 0 Å². The number of benzene rings is 1. The standard InChI is InChI=1S/C24H33N4O8P/c1-15(2)34-20(29)16(3)27-37(31,36-18-9-7-6-8-10-18)33-14-24-13-32-23(5,21(24)30)22(35-24)28-12-11-19(25)26-17(28)4/h6-12,15-16,21-22,30H,4,13-14H2,1-3,5H3,(H2,25,26)(H,27,31)/t16-,21-,22+,23+,24+,37-/m0/s1. The number of nitrogens with two attached hydrogens (primary N) is 1. The fourth-order valence-electron chi connectivity index (χ4n) is 4.32. The van der Waals surface area contributed by atoms with Crippen molar-refractivity contribution in [3.8, 4) is 5.75 Å². The molecule has 2 saturated heterocycles. The van der Waals surface area contributed by atoms with E-state index in [1.54, 1.807) is 68.3 Å². The van der Waals surface area contributed by atoms with Gasteiger partial charge in [0.25, 0.3) is 0 Å². The van der Waals surface area contributed by atoms with E-state index in [2.05, 4.69) is 16.7 Å². The molecule has 3 aliphatic heterocycles. The number of hydrogen-bond donors (Lipinski definition) is 3. The number of para-hydroxylation sites is 1. The highest BCUT2D eigenvalue weighted by molar-refractivity contribution is 7.52. The number of nitrogens with zero attached hydrogens (tertiary/aromatic N) is 2. The minimum absolute atomic E-state index is 0.0348. The number of aliphatic hydroxyl groups is 1. The lowest BCUT2D eigenvalue weighted by atomic mass is 9.91. The minimum atomic E-state index is -4.19. The van der Waals surface area contributed by atoms with Gasteiger partial charge in [-0.3, -0.25) is 9.32 Å². The van der Waals surface area contributed by atoms with E-state index in [0.717, 1.165) is 0 Å². The molecule has 0 spiro atoms. The average molecular weight is 537 g/mol. The van der Waals surface area contributed by atoms with Crippen molar-refractivity contribution >= 4 is 19.6 Å². The largest absolute Gasteiger partial charge is 0.462 e. The molecule has 37 heavy (non-hydrogen) atoms. The Morgan fingerprint density at radius 1 is 1.38 bits per heavy atom. The van der Waals surface area contributed by atoms with Gasteiger partial charge in [-0.05, 0) is 45.9 Å². The van der Waals surface area contributed by atoms with Gasteiger partial charge in [-0.2, -0.15) is 5.09 Å². The van der Waals surface area contributed by atoms with Crippen LogP contribution in [0.15, 0.2) is 60.0 Å². The molecule has 4 rings (SSSR count). The van der Waals surface area contributed by atoms with Gasteiger partial charge < -0.3 is 34.5 Å². The lowest BCUT2D eigenvalue weighted by Gasteiger charge is -2.40. The Kier molecular flexibility index (Phi) is 7.53. The number of carbonyl (C=O) groups excluding carboxylic acids is 1. The van der Waals surface area contributed by atoms with Crippen molar-refractivity contribution in [2.24, 2.45) is 10.7 Å². The second kappa shape index (κ2) is 10.2. The van der Waals surface area contributed by atoms with E-state index >= 15 is 0 Å². The molecule has 0 unspecified atom stereocenters. The van der Waals surface area contributed by atoms with Gasteiger partial charge in [0.2, 0.25) is 0 Å². The normalized spacial score (nSPS) is 31.2. The Morgan fingerprint density at radius 3 is 2.73 bits per heavy atom. The number of nitrogens with one attached hydrogen (secondary N) is 1. The first kappa shape index (κ1) is 27.3. The lowest BCUT2D eigenvalue weighted by molar-refractivity contribution is -0.216. The van der Waals surface area contributed by atoms with Crippen LogP contribution in [0.3, 0.4) is 0 Å². The summed E-state index contributed by atoms with van der Waals surface area (Å²) in [5, 5.41) is 13.9. The molecule has 6 atom stereocenters. The quantitative estimate of drug-likeness (QED) is 0.297. The van der Waals surface area contributed by atoms with Gasteiger partial charge in [0, 0.05) is 6.20 Å². The third-order valence-corrected chi connectivity index (χ3v) is 7.85. The fraction of sp³-hybridized carbons (Fsp3) is 0.500. The third-order valence-electron chi connectivity index (χ3n) is 6.22. The van der Waals surface area contributed by atoms with Gasteiger partial charge in [0.1, 0.15) is 40.8 Å². The molecule has 4 N–H and O–H groups in total. The summed E-state index contributed by atoms with van der Waals surface area (Å²) >= 11 is 0. The van der Waals surface area contributed by atoms with Gasteiger partial charge in [-0.15, -0.1) is 0 Å². The maximum absolute atomic E-state index is 13.9. The number of hydrogen-bond acceptors (Lipinski definition) is 11. The topological polar surface area (TPSA) is 154 Å². The molecule has 0 aromatic heterocycles. The number of aliphatic hydroxyl groups excluding tert-OH is 1. The van der Waals surface area contributed by atoms with Gasteiger partial charge >= 0.3 is 13.7 Å². The first-order valence-corrected chi connectivity index (χ1v) is 13.4. The fourth-order valence-corrected chi connectivity index (χ4v) is 5.87. The van der Waals surface area contributed by atoms with Gasteiger partial charge in [0.05, 0.1) is 19.3 Å². The molecule has 0 radical (unpaired) electrons. The number of aliphatic imine (C=N–C) groups is 1.